The predicted molar refractivity (Wildman–Crippen MR) is 94.5 cm³/mol. The van der Waals surface area contributed by atoms with Gasteiger partial charge in [-0.05, 0) is 17.7 Å². The molecule has 0 aliphatic carbocycles. The second kappa shape index (κ2) is 6.31. The van der Waals surface area contributed by atoms with Crippen molar-refractivity contribution in [1.82, 2.24) is 24.9 Å². The molecule has 0 radical (unpaired) electrons. The fourth-order valence-corrected chi connectivity index (χ4v) is 2.29. The summed E-state index contributed by atoms with van der Waals surface area (Å²) in [5.41, 5.74) is 2.40. The maximum Gasteiger partial charge on any atom is 0.323 e. The Bertz CT molecular complexity index is 884. The Morgan fingerprint density at radius 2 is 1.88 bits per heavy atom. The molecule has 0 spiro atoms. The predicted octanol–water partition coefficient (Wildman–Crippen LogP) is 1.84. The molecule has 2 heterocycles. The van der Waals surface area contributed by atoms with Crippen molar-refractivity contribution in [3.63, 3.8) is 0 Å². The van der Waals surface area contributed by atoms with Gasteiger partial charge in [-0.15, -0.1) is 0 Å². The largest absolute Gasteiger partial charge is 0.350 e. The molecule has 126 valence electrons. The van der Waals surface area contributed by atoms with Gasteiger partial charge in [0, 0.05) is 26.6 Å². The summed E-state index contributed by atoms with van der Waals surface area (Å²) in [6.45, 7) is 4.65. The van der Waals surface area contributed by atoms with E-state index < -0.39 is 0 Å². The van der Waals surface area contributed by atoms with Crippen molar-refractivity contribution in [1.29, 1.82) is 0 Å². The minimum atomic E-state index is -0.204. The number of aromatic nitrogens is 5. The molecule has 8 heteroatoms. The lowest BCUT2D eigenvalue weighted by molar-refractivity contribution is 0.754. The Morgan fingerprint density at radius 3 is 2.58 bits per heavy atom. The number of fused-ring (bicyclic) bond motifs is 1. The van der Waals surface area contributed by atoms with Crippen LogP contribution in [0, 0.1) is 0 Å². The van der Waals surface area contributed by atoms with Gasteiger partial charge in [0.25, 0.3) is 0 Å². The average Bonchev–Trinajstić information content (AvgIpc) is 2.91. The maximum absolute atomic E-state index is 11.3. The summed E-state index contributed by atoms with van der Waals surface area (Å²) in [6.07, 6.45) is 0. The number of anilines is 2. The highest BCUT2D eigenvalue weighted by molar-refractivity contribution is 5.75. The van der Waals surface area contributed by atoms with Crippen LogP contribution >= 0.6 is 0 Å². The Hall–Kier alpha value is -2.90. The number of nitrogens with zero attached hydrogens (tertiary/aromatic N) is 4. The monoisotopic (exact) mass is 327 g/mol. The first-order chi connectivity index (χ1) is 11.4. The molecule has 1 aromatic carbocycles. The number of aromatic amines is 2. The molecule has 0 atom stereocenters. The summed E-state index contributed by atoms with van der Waals surface area (Å²) in [6, 6.07) is 5.76. The molecule has 0 saturated heterocycles. The van der Waals surface area contributed by atoms with Gasteiger partial charge < -0.3 is 20.2 Å². The van der Waals surface area contributed by atoms with E-state index in [-0.39, 0.29) is 11.6 Å². The van der Waals surface area contributed by atoms with E-state index in [1.807, 2.05) is 37.2 Å². The van der Waals surface area contributed by atoms with Gasteiger partial charge in [-0.1, -0.05) is 19.9 Å². The average molecular weight is 327 g/mol. The van der Waals surface area contributed by atoms with Crippen LogP contribution in [0.15, 0.2) is 23.0 Å². The summed E-state index contributed by atoms with van der Waals surface area (Å²) < 4.78 is 0. The van der Waals surface area contributed by atoms with Gasteiger partial charge in [0.15, 0.2) is 0 Å². The molecule has 3 N–H and O–H groups in total. The highest BCUT2D eigenvalue weighted by Crippen LogP contribution is 2.16. The topological polar surface area (TPSA) is 103 Å². The molecule has 24 heavy (non-hydrogen) atoms. The van der Waals surface area contributed by atoms with Gasteiger partial charge in [-0.25, -0.2) is 4.79 Å². The summed E-state index contributed by atoms with van der Waals surface area (Å²) >= 11 is 0. The highest BCUT2D eigenvalue weighted by Gasteiger charge is 2.11. The first-order valence-corrected chi connectivity index (χ1v) is 7.80. The van der Waals surface area contributed by atoms with Crippen molar-refractivity contribution in [2.45, 2.75) is 26.3 Å². The van der Waals surface area contributed by atoms with Crippen LogP contribution in [0.1, 0.15) is 31.2 Å². The molecule has 2 aromatic heterocycles. The molecule has 3 aromatic rings. The van der Waals surface area contributed by atoms with E-state index in [1.54, 1.807) is 0 Å². The number of rotatable bonds is 5. The van der Waals surface area contributed by atoms with Crippen LogP contribution in [0.25, 0.3) is 11.0 Å². The molecule has 3 rings (SSSR count). The fraction of sp³-hybridized carbons (Fsp3) is 0.375. The molecule has 0 fully saturated rings. The summed E-state index contributed by atoms with van der Waals surface area (Å²) in [4.78, 5) is 32.0. The lowest BCUT2D eigenvalue weighted by Crippen LogP contribution is -2.17. The lowest BCUT2D eigenvalue weighted by atomic mass is 10.2. The quantitative estimate of drug-likeness (QED) is 0.661. The third-order valence-electron chi connectivity index (χ3n) is 3.59. The number of benzene rings is 1. The Morgan fingerprint density at radius 1 is 1.12 bits per heavy atom. The van der Waals surface area contributed by atoms with E-state index in [4.69, 9.17) is 0 Å². The third kappa shape index (κ3) is 3.37. The third-order valence-corrected chi connectivity index (χ3v) is 3.59. The zero-order chi connectivity index (χ0) is 17.3. The van der Waals surface area contributed by atoms with E-state index in [0.29, 0.717) is 18.4 Å². The second-order valence-electron chi connectivity index (χ2n) is 6.18. The molecule has 0 saturated carbocycles. The van der Waals surface area contributed by atoms with Gasteiger partial charge in [0.05, 0.1) is 11.0 Å². The standard InChI is InChI=1S/C16H21N7O/c1-9(2)13-20-14(22-15(21-13)23(3)4)17-8-10-5-6-11-12(7-10)19-16(24)18-11/h5-7,9H,8H2,1-4H3,(H2,18,19,24)(H,17,20,21,22). The Kier molecular flexibility index (Phi) is 4.20. The van der Waals surface area contributed by atoms with Crippen LogP contribution in [0.3, 0.4) is 0 Å². The van der Waals surface area contributed by atoms with Crippen LogP contribution in [-0.4, -0.2) is 39.0 Å². The number of nitrogens with one attached hydrogen (secondary N) is 3. The van der Waals surface area contributed by atoms with Gasteiger partial charge in [-0.3, -0.25) is 0 Å². The molecule has 0 unspecified atom stereocenters. The zero-order valence-electron chi connectivity index (χ0n) is 14.2. The molecule has 8 nitrogen and oxygen atoms in total. The van der Waals surface area contributed by atoms with E-state index in [2.05, 4.69) is 44.1 Å². The Labute approximate surface area is 139 Å². The van der Waals surface area contributed by atoms with E-state index in [1.165, 1.54) is 0 Å². The first kappa shape index (κ1) is 16.0. The van der Waals surface area contributed by atoms with Crippen LogP contribution in [0.5, 0.6) is 0 Å². The fourth-order valence-electron chi connectivity index (χ4n) is 2.29. The maximum atomic E-state index is 11.3. The molecular formula is C16H21N7O. The van der Waals surface area contributed by atoms with Crippen molar-refractivity contribution >= 4 is 22.9 Å². The number of imidazole rings is 1. The summed E-state index contributed by atoms with van der Waals surface area (Å²) in [5.74, 6) is 2.14. The molecule has 0 amide bonds. The number of hydrogen-bond donors (Lipinski definition) is 3. The summed E-state index contributed by atoms with van der Waals surface area (Å²) in [5, 5.41) is 3.23. The van der Waals surface area contributed by atoms with Crippen molar-refractivity contribution in [3.8, 4) is 0 Å². The van der Waals surface area contributed by atoms with Gasteiger partial charge in [0.2, 0.25) is 11.9 Å². The minimum absolute atomic E-state index is 0.204. The van der Waals surface area contributed by atoms with Crippen LogP contribution < -0.4 is 15.9 Å². The van der Waals surface area contributed by atoms with Crippen molar-refractivity contribution < 1.29 is 0 Å². The van der Waals surface area contributed by atoms with E-state index >= 15 is 0 Å². The van der Waals surface area contributed by atoms with Crippen molar-refractivity contribution in [2.24, 2.45) is 0 Å². The number of H-pyrrole nitrogens is 2. The van der Waals surface area contributed by atoms with Crippen molar-refractivity contribution in [3.05, 3.63) is 40.1 Å². The SMILES string of the molecule is CC(C)c1nc(NCc2ccc3[nH]c(=O)[nH]c3c2)nc(N(C)C)n1. The number of hydrogen-bond acceptors (Lipinski definition) is 6. The van der Waals surface area contributed by atoms with Gasteiger partial charge in [-0.2, -0.15) is 15.0 Å². The molecular weight excluding hydrogens is 306 g/mol. The zero-order valence-corrected chi connectivity index (χ0v) is 14.2. The molecule has 0 bridgehead atoms. The molecule has 0 aliphatic rings. The van der Waals surface area contributed by atoms with Crippen LogP contribution in [0.4, 0.5) is 11.9 Å². The van der Waals surface area contributed by atoms with Crippen LogP contribution in [-0.2, 0) is 6.54 Å². The second-order valence-corrected chi connectivity index (χ2v) is 6.18. The highest BCUT2D eigenvalue weighted by atomic mass is 16.1. The minimum Gasteiger partial charge on any atom is -0.350 e. The smallest absolute Gasteiger partial charge is 0.323 e. The van der Waals surface area contributed by atoms with Crippen molar-refractivity contribution in [2.75, 3.05) is 24.3 Å². The normalized spacial score (nSPS) is 11.2. The lowest BCUT2D eigenvalue weighted by Gasteiger charge is -2.14. The van der Waals surface area contributed by atoms with E-state index in [0.717, 1.165) is 22.4 Å². The van der Waals surface area contributed by atoms with E-state index in [9.17, 15) is 4.79 Å². The summed E-state index contributed by atoms with van der Waals surface area (Å²) in [7, 11) is 3.80. The first-order valence-electron chi connectivity index (χ1n) is 7.80. The van der Waals surface area contributed by atoms with Gasteiger partial charge in [0.1, 0.15) is 5.82 Å². The molecule has 0 aliphatic heterocycles. The van der Waals surface area contributed by atoms with Gasteiger partial charge >= 0.3 is 5.69 Å². The Balaban J connectivity index is 1.82. The van der Waals surface area contributed by atoms with Crippen LogP contribution in [0.2, 0.25) is 0 Å².